The summed E-state index contributed by atoms with van der Waals surface area (Å²) >= 11 is 11.9. The number of amides is 1. The van der Waals surface area contributed by atoms with Crippen molar-refractivity contribution in [1.29, 1.82) is 0 Å². The maximum atomic E-state index is 12.9. The third-order valence-corrected chi connectivity index (χ3v) is 4.50. The number of alkyl halides is 3. The van der Waals surface area contributed by atoms with E-state index in [1.54, 1.807) is 18.2 Å². The Bertz CT molecular complexity index is 1090. The molecule has 156 valence electrons. The van der Waals surface area contributed by atoms with Crippen LogP contribution in [0.2, 0.25) is 10.0 Å². The molecular formula is C18H13Cl2F3N6O. The molecule has 0 aliphatic rings. The summed E-state index contributed by atoms with van der Waals surface area (Å²) in [5.41, 5.74) is 10.1. The van der Waals surface area contributed by atoms with Gasteiger partial charge in [-0.25, -0.2) is 9.97 Å². The molecular weight excluding hydrogens is 444 g/mol. The number of nitrogens with one attached hydrogen (secondary N) is 3. The summed E-state index contributed by atoms with van der Waals surface area (Å²) in [6.07, 6.45) is -3.45. The molecule has 0 fully saturated rings. The van der Waals surface area contributed by atoms with Crippen LogP contribution in [0.15, 0.2) is 48.8 Å². The number of rotatable bonds is 5. The molecule has 2 aromatic carbocycles. The highest BCUT2D eigenvalue weighted by Gasteiger charge is 2.31. The first-order chi connectivity index (χ1) is 14.2. The summed E-state index contributed by atoms with van der Waals surface area (Å²) < 4.78 is 38.8. The number of nitrogens with zero attached hydrogens (tertiary/aromatic N) is 2. The second-order valence-corrected chi connectivity index (χ2v) is 6.68. The van der Waals surface area contributed by atoms with Crippen LogP contribution in [0.3, 0.4) is 0 Å². The van der Waals surface area contributed by atoms with Crippen LogP contribution in [0.1, 0.15) is 15.9 Å². The predicted octanol–water partition coefficient (Wildman–Crippen LogP) is 4.88. The maximum Gasteiger partial charge on any atom is 0.416 e. The molecule has 12 heteroatoms. The second kappa shape index (κ2) is 8.64. The Morgan fingerprint density at radius 2 is 1.70 bits per heavy atom. The summed E-state index contributed by atoms with van der Waals surface area (Å²) in [6, 6.07) is 9.17. The lowest BCUT2D eigenvalue weighted by atomic mass is 10.2. The number of halogens is 5. The van der Waals surface area contributed by atoms with E-state index in [-0.39, 0.29) is 38.6 Å². The smallest absolute Gasteiger partial charge is 0.393 e. The van der Waals surface area contributed by atoms with Crippen molar-refractivity contribution in [2.75, 3.05) is 16.5 Å². The normalized spacial score (nSPS) is 11.1. The van der Waals surface area contributed by atoms with Gasteiger partial charge in [-0.05, 0) is 30.3 Å². The Morgan fingerprint density at radius 1 is 1.00 bits per heavy atom. The van der Waals surface area contributed by atoms with Crippen LogP contribution in [0.5, 0.6) is 0 Å². The molecule has 3 rings (SSSR count). The quantitative estimate of drug-likeness (QED) is 0.407. The van der Waals surface area contributed by atoms with Gasteiger partial charge in [-0.2, -0.15) is 13.2 Å². The molecule has 0 aliphatic carbocycles. The Labute approximate surface area is 178 Å². The average Bonchev–Trinajstić information content (AvgIpc) is 2.69. The van der Waals surface area contributed by atoms with E-state index in [9.17, 15) is 18.0 Å². The van der Waals surface area contributed by atoms with Crippen molar-refractivity contribution < 1.29 is 18.0 Å². The molecule has 7 nitrogen and oxygen atoms in total. The molecule has 0 aliphatic heterocycles. The van der Waals surface area contributed by atoms with Crippen molar-refractivity contribution in [3.05, 3.63) is 70.0 Å². The van der Waals surface area contributed by atoms with Gasteiger partial charge in [-0.3, -0.25) is 15.6 Å². The number of hydrazine groups is 1. The van der Waals surface area contributed by atoms with Crippen molar-refractivity contribution in [3.63, 3.8) is 0 Å². The number of carbonyl (C=O) groups excluding carboxylic acids is 1. The lowest BCUT2D eigenvalue weighted by Gasteiger charge is -2.15. The van der Waals surface area contributed by atoms with Crippen LogP contribution in [-0.2, 0) is 6.18 Å². The Kier molecular flexibility index (Phi) is 6.18. The zero-order valence-corrected chi connectivity index (χ0v) is 16.4. The minimum absolute atomic E-state index is 0.0102. The van der Waals surface area contributed by atoms with Crippen molar-refractivity contribution in [1.82, 2.24) is 15.4 Å². The van der Waals surface area contributed by atoms with E-state index < -0.39 is 17.6 Å². The van der Waals surface area contributed by atoms with Crippen molar-refractivity contribution in [2.24, 2.45) is 0 Å². The Morgan fingerprint density at radius 3 is 2.40 bits per heavy atom. The van der Waals surface area contributed by atoms with E-state index in [4.69, 9.17) is 28.9 Å². The highest BCUT2D eigenvalue weighted by Crippen LogP contribution is 2.36. The van der Waals surface area contributed by atoms with Gasteiger partial charge in [0, 0.05) is 0 Å². The van der Waals surface area contributed by atoms with Crippen molar-refractivity contribution >= 4 is 52.1 Å². The first kappa shape index (κ1) is 21.5. The first-order valence-corrected chi connectivity index (χ1v) is 8.97. The summed E-state index contributed by atoms with van der Waals surface area (Å²) in [5, 5.41) is 2.91. The summed E-state index contributed by atoms with van der Waals surface area (Å²) in [6.45, 7) is 0. The number of anilines is 4. The Hall–Kier alpha value is -3.24. The zero-order valence-electron chi connectivity index (χ0n) is 14.9. The lowest BCUT2D eigenvalue weighted by molar-refractivity contribution is -0.137. The zero-order chi connectivity index (χ0) is 21.9. The fourth-order valence-corrected chi connectivity index (χ4v) is 2.73. The number of nitrogen functional groups attached to an aromatic ring is 1. The average molecular weight is 457 g/mol. The van der Waals surface area contributed by atoms with Gasteiger partial charge in [0.2, 0.25) is 0 Å². The van der Waals surface area contributed by atoms with Gasteiger partial charge in [-0.15, -0.1) is 0 Å². The van der Waals surface area contributed by atoms with Gasteiger partial charge >= 0.3 is 6.18 Å². The van der Waals surface area contributed by atoms with Crippen molar-refractivity contribution in [3.8, 4) is 0 Å². The molecule has 1 aromatic heterocycles. The number of nitrogens with two attached hydrogens (primary N) is 1. The minimum atomic E-state index is -4.55. The van der Waals surface area contributed by atoms with E-state index in [2.05, 4.69) is 26.1 Å². The van der Waals surface area contributed by atoms with Crippen LogP contribution in [0, 0.1) is 0 Å². The number of benzene rings is 2. The van der Waals surface area contributed by atoms with E-state index in [1.807, 2.05) is 0 Å². The predicted molar refractivity (Wildman–Crippen MR) is 109 cm³/mol. The Balaban J connectivity index is 1.79. The number of carbonyl (C=O) groups is 1. The fourth-order valence-electron chi connectivity index (χ4n) is 2.35. The summed E-state index contributed by atoms with van der Waals surface area (Å²) in [4.78, 5) is 20.0. The van der Waals surface area contributed by atoms with Crippen LogP contribution >= 0.6 is 23.2 Å². The van der Waals surface area contributed by atoms with Crippen LogP contribution < -0.4 is 21.9 Å². The third-order valence-electron chi connectivity index (χ3n) is 3.84. The fraction of sp³-hybridized carbons (Fsp3) is 0.0556. The molecule has 5 N–H and O–H groups in total. The monoisotopic (exact) mass is 456 g/mol. The molecule has 30 heavy (non-hydrogen) atoms. The molecule has 0 spiro atoms. The van der Waals surface area contributed by atoms with Gasteiger partial charge in [0.25, 0.3) is 5.91 Å². The van der Waals surface area contributed by atoms with Gasteiger partial charge in [0.05, 0.1) is 26.9 Å². The summed E-state index contributed by atoms with van der Waals surface area (Å²) in [5.74, 6) is -0.550. The number of aromatic nitrogens is 2. The molecule has 1 heterocycles. The third kappa shape index (κ3) is 4.84. The van der Waals surface area contributed by atoms with Gasteiger partial charge in [-0.1, -0.05) is 35.3 Å². The molecule has 0 bridgehead atoms. The van der Waals surface area contributed by atoms with Crippen LogP contribution in [0.4, 0.5) is 36.2 Å². The molecule has 0 saturated heterocycles. The molecule has 0 atom stereocenters. The number of hydrogen-bond donors (Lipinski definition) is 4. The molecule has 3 aromatic rings. The molecule has 1 amide bonds. The van der Waals surface area contributed by atoms with E-state index in [0.29, 0.717) is 0 Å². The highest BCUT2D eigenvalue weighted by molar-refractivity contribution is 6.34. The number of hydrogen-bond acceptors (Lipinski definition) is 6. The van der Waals surface area contributed by atoms with E-state index in [0.717, 1.165) is 24.5 Å². The second-order valence-electron chi connectivity index (χ2n) is 5.86. The van der Waals surface area contributed by atoms with Crippen molar-refractivity contribution in [2.45, 2.75) is 6.18 Å². The molecule has 0 radical (unpaired) electrons. The lowest BCUT2D eigenvalue weighted by Crippen LogP contribution is -2.30. The standard InChI is InChI=1S/C18H13Cl2F3N6O/c19-11-4-2-1-3-10(11)17(30)29-28-16-14(24)15(25-8-26-16)27-13-7-9(18(21,22)23)5-6-12(13)20/h1-8H,24H2,(H,29,30)(H2,25,26,27,28). The molecule has 0 unspecified atom stereocenters. The minimum Gasteiger partial charge on any atom is -0.393 e. The first-order valence-electron chi connectivity index (χ1n) is 8.22. The SMILES string of the molecule is Nc1c(NNC(=O)c2ccccc2Cl)ncnc1Nc1cc(C(F)(F)F)ccc1Cl. The molecule has 0 saturated carbocycles. The highest BCUT2D eigenvalue weighted by atomic mass is 35.5. The largest absolute Gasteiger partial charge is 0.416 e. The maximum absolute atomic E-state index is 12.9. The van der Waals surface area contributed by atoms with Gasteiger partial charge < -0.3 is 11.1 Å². The van der Waals surface area contributed by atoms with Crippen LogP contribution in [0.25, 0.3) is 0 Å². The van der Waals surface area contributed by atoms with E-state index >= 15 is 0 Å². The van der Waals surface area contributed by atoms with E-state index in [1.165, 1.54) is 6.07 Å². The van der Waals surface area contributed by atoms with Gasteiger partial charge in [0.15, 0.2) is 11.6 Å². The van der Waals surface area contributed by atoms with Gasteiger partial charge in [0.1, 0.15) is 12.0 Å². The summed E-state index contributed by atoms with van der Waals surface area (Å²) in [7, 11) is 0. The van der Waals surface area contributed by atoms with Crippen LogP contribution in [-0.4, -0.2) is 15.9 Å². The topological polar surface area (TPSA) is 105 Å².